The van der Waals surface area contributed by atoms with Gasteiger partial charge in [0.1, 0.15) is 0 Å². The summed E-state index contributed by atoms with van der Waals surface area (Å²) in [5, 5.41) is 0. The van der Waals surface area contributed by atoms with Crippen molar-refractivity contribution in [1.82, 2.24) is 0 Å². The summed E-state index contributed by atoms with van der Waals surface area (Å²) in [6, 6.07) is 0. The van der Waals surface area contributed by atoms with Crippen molar-refractivity contribution < 1.29 is 0 Å². The van der Waals surface area contributed by atoms with Crippen molar-refractivity contribution in [3.05, 3.63) is 0 Å². The normalized spacial score (nSPS) is 12.9. The average molecular weight is 259 g/mol. The van der Waals surface area contributed by atoms with Gasteiger partial charge in [-0.25, -0.2) is 0 Å². The first-order valence-electron chi connectivity index (χ1n) is 7.92. The van der Waals surface area contributed by atoms with Crippen molar-refractivity contribution in [2.45, 2.75) is 90.9 Å². The Kier molecular flexibility index (Phi) is 14.7. The van der Waals surface area contributed by atoms with Gasteiger partial charge in [0.15, 0.2) is 0 Å². The van der Waals surface area contributed by atoms with Crippen LogP contribution in [-0.4, -0.2) is 5.75 Å². The second-order valence-corrected chi connectivity index (χ2v) is 6.04. The zero-order chi connectivity index (χ0) is 12.8. The third-order valence-corrected chi connectivity index (χ3v) is 3.93. The van der Waals surface area contributed by atoms with Crippen molar-refractivity contribution in [3.63, 3.8) is 0 Å². The van der Waals surface area contributed by atoms with E-state index in [1.54, 1.807) is 0 Å². The molecule has 0 aromatic carbocycles. The van der Waals surface area contributed by atoms with E-state index in [2.05, 4.69) is 26.5 Å². The van der Waals surface area contributed by atoms with Crippen molar-refractivity contribution >= 4 is 12.6 Å². The zero-order valence-corrected chi connectivity index (χ0v) is 13.1. The number of rotatable bonds is 13. The third-order valence-electron chi connectivity index (χ3n) is 3.67. The fraction of sp³-hybridized carbons (Fsp3) is 1.00. The van der Waals surface area contributed by atoms with E-state index in [9.17, 15) is 0 Å². The van der Waals surface area contributed by atoms with Gasteiger partial charge in [-0.1, -0.05) is 84.5 Å². The van der Waals surface area contributed by atoms with Crippen LogP contribution >= 0.6 is 12.6 Å². The van der Waals surface area contributed by atoms with Gasteiger partial charge in [-0.05, 0) is 18.1 Å². The lowest BCUT2D eigenvalue weighted by molar-refractivity contribution is 0.472. The van der Waals surface area contributed by atoms with Gasteiger partial charge in [0.25, 0.3) is 0 Å². The molecule has 0 nitrogen and oxygen atoms in total. The van der Waals surface area contributed by atoms with E-state index in [-0.39, 0.29) is 0 Å². The molecule has 0 amide bonds. The molecule has 0 radical (unpaired) electrons. The highest BCUT2D eigenvalue weighted by atomic mass is 32.1. The van der Waals surface area contributed by atoms with Gasteiger partial charge in [-0.3, -0.25) is 0 Å². The van der Waals surface area contributed by atoms with Gasteiger partial charge in [0, 0.05) is 0 Å². The van der Waals surface area contributed by atoms with E-state index < -0.39 is 0 Å². The number of thiol groups is 1. The van der Waals surface area contributed by atoms with E-state index in [0.29, 0.717) is 0 Å². The lowest BCUT2D eigenvalue weighted by Crippen LogP contribution is -1.95. The van der Waals surface area contributed by atoms with Crippen LogP contribution in [0, 0.1) is 5.92 Å². The monoisotopic (exact) mass is 258 g/mol. The summed E-state index contributed by atoms with van der Waals surface area (Å²) in [6.45, 7) is 4.65. The highest BCUT2D eigenvalue weighted by Gasteiger charge is 2.00. The first-order valence-corrected chi connectivity index (χ1v) is 8.55. The Morgan fingerprint density at radius 2 is 1.18 bits per heavy atom. The second-order valence-electron chi connectivity index (χ2n) is 5.59. The maximum absolute atomic E-state index is 4.29. The third kappa shape index (κ3) is 14.3. The minimum atomic E-state index is 0.890. The van der Waals surface area contributed by atoms with Crippen LogP contribution in [0.1, 0.15) is 90.9 Å². The van der Waals surface area contributed by atoms with Crippen LogP contribution in [0.5, 0.6) is 0 Å². The molecular weight excluding hydrogens is 224 g/mol. The number of unbranched alkanes of at least 4 members (excludes halogenated alkanes) is 9. The zero-order valence-electron chi connectivity index (χ0n) is 12.2. The van der Waals surface area contributed by atoms with Crippen LogP contribution in [0.4, 0.5) is 0 Å². The molecule has 0 fully saturated rings. The molecule has 0 bridgehead atoms. The lowest BCUT2D eigenvalue weighted by Gasteiger charge is -2.08. The molecule has 104 valence electrons. The largest absolute Gasteiger partial charge is 0.179 e. The summed E-state index contributed by atoms with van der Waals surface area (Å²) >= 11 is 4.29. The Morgan fingerprint density at radius 3 is 1.65 bits per heavy atom. The fourth-order valence-corrected chi connectivity index (χ4v) is 2.79. The molecule has 1 atom stereocenters. The molecule has 0 saturated heterocycles. The van der Waals surface area contributed by atoms with E-state index in [1.807, 2.05) is 0 Å². The van der Waals surface area contributed by atoms with Gasteiger partial charge >= 0.3 is 0 Å². The van der Waals surface area contributed by atoms with Crippen molar-refractivity contribution in [2.75, 3.05) is 5.75 Å². The maximum atomic E-state index is 4.29. The van der Waals surface area contributed by atoms with Crippen LogP contribution in [0.2, 0.25) is 0 Å². The Morgan fingerprint density at radius 1 is 0.706 bits per heavy atom. The average Bonchev–Trinajstić information content (AvgIpc) is 2.32. The van der Waals surface area contributed by atoms with Crippen LogP contribution < -0.4 is 0 Å². The van der Waals surface area contributed by atoms with Crippen LogP contribution in [-0.2, 0) is 0 Å². The molecule has 17 heavy (non-hydrogen) atoms. The Bertz CT molecular complexity index is 133. The first kappa shape index (κ1) is 17.4. The van der Waals surface area contributed by atoms with E-state index in [4.69, 9.17) is 0 Å². The van der Waals surface area contributed by atoms with E-state index >= 15 is 0 Å². The van der Waals surface area contributed by atoms with Gasteiger partial charge in [0.05, 0.1) is 0 Å². The summed E-state index contributed by atoms with van der Waals surface area (Å²) in [5.41, 5.74) is 0. The van der Waals surface area contributed by atoms with Crippen molar-refractivity contribution in [1.29, 1.82) is 0 Å². The number of hydrogen-bond acceptors (Lipinski definition) is 1. The van der Waals surface area contributed by atoms with Crippen LogP contribution in [0.15, 0.2) is 0 Å². The summed E-state index contributed by atoms with van der Waals surface area (Å²) in [4.78, 5) is 0. The molecule has 0 saturated carbocycles. The molecule has 1 unspecified atom stereocenters. The highest BCUT2D eigenvalue weighted by Crippen LogP contribution is 2.15. The molecule has 0 aromatic rings. The van der Waals surface area contributed by atoms with Gasteiger partial charge in [-0.15, -0.1) is 0 Å². The SMILES string of the molecule is CCCCCCCCCCCCC(C)CCS. The quantitative estimate of drug-likeness (QED) is 0.293. The fourth-order valence-electron chi connectivity index (χ4n) is 2.34. The summed E-state index contributed by atoms with van der Waals surface area (Å²) in [5.74, 6) is 1.94. The van der Waals surface area contributed by atoms with Crippen LogP contribution in [0.3, 0.4) is 0 Å². The van der Waals surface area contributed by atoms with Gasteiger partial charge < -0.3 is 0 Å². The molecule has 0 rings (SSSR count). The van der Waals surface area contributed by atoms with Crippen molar-refractivity contribution in [3.8, 4) is 0 Å². The van der Waals surface area contributed by atoms with Crippen molar-refractivity contribution in [2.24, 2.45) is 5.92 Å². The molecule has 0 aliphatic rings. The Labute approximate surface area is 115 Å². The predicted octanol–water partition coefficient (Wildman–Crippen LogP) is 6.25. The Balaban J connectivity index is 2.98. The van der Waals surface area contributed by atoms with E-state index in [0.717, 1.165) is 11.7 Å². The molecule has 0 aliphatic heterocycles. The molecular formula is C16H34S. The smallest absolute Gasteiger partial charge is 0.00954 e. The minimum Gasteiger partial charge on any atom is -0.179 e. The summed E-state index contributed by atoms with van der Waals surface area (Å²) in [6.07, 6.45) is 17.2. The molecule has 0 aliphatic carbocycles. The van der Waals surface area contributed by atoms with E-state index in [1.165, 1.54) is 77.0 Å². The maximum Gasteiger partial charge on any atom is -0.00954 e. The number of hydrogen-bond donors (Lipinski definition) is 1. The first-order chi connectivity index (χ1) is 8.31. The molecule has 1 heteroatoms. The van der Waals surface area contributed by atoms with Crippen LogP contribution in [0.25, 0.3) is 0 Å². The molecule has 0 spiro atoms. The summed E-state index contributed by atoms with van der Waals surface area (Å²) in [7, 11) is 0. The lowest BCUT2D eigenvalue weighted by atomic mass is 9.99. The molecule has 0 heterocycles. The minimum absolute atomic E-state index is 0.890. The standard InChI is InChI=1S/C16H34S/c1-3-4-5-6-7-8-9-10-11-12-13-16(2)14-15-17/h16-17H,3-15H2,1-2H3. The van der Waals surface area contributed by atoms with Gasteiger partial charge in [-0.2, -0.15) is 12.6 Å². The predicted molar refractivity (Wildman–Crippen MR) is 84.1 cm³/mol. The topological polar surface area (TPSA) is 0 Å². The van der Waals surface area contributed by atoms with Gasteiger partial charge in [0.2, 0.25) is 0 Å². The molecule has 0 aromatic heterocycles. The molecule has 0 N–H and O–H groups in total. The summed E-state index contributed by atoms with van der Waals surface area (Å²) < 4.78 is 0. The highest BCUT2D eigenvalue weighted by molar-refractivity contribution is 7.80. The Hall–Kier alpha value is 0.350. The second kappa shape index (κ2) is 14.4.